The van der Waals surface area contributed by atoms with Crippen molar-refractivity contribution in [2.24, 2.45) is 0 Å². The maximum absolute atomic E-state index is 10.7. The molecule has 0 aliphatic heterocycles. The van der Waals surface area contributed by atoms with E-state index in [1.807, 2.05) is 18.2 Å². The molecule has 2 N–H and O–H groups in total. The van der Waals surface area contributed by atoms with Crippen LogP contribution in [-0.4, -0.2) is 11.1 Å². The molecule has 18 heavy (non-hydrogen) atoms. The number of anilines is 2. The summed E-state index contributed by atoms with van der Waals surface area (Å²) >= 11 is 5.66. The Morgan fingerprint density at radius 2 is 1.83 bits per heavy atom. The lowest BCUT2D eigenvalue weighted by Gasteiger charge is -2.09. The first kappa shape index (κ1) is 13.4. The van der Waals surface area contributed by atoms with Crippen molar-refractivity contribution in [3.8, 4) is 0 Å². The lowest BCUT2D eigenvalue weighted by molar-refractivity contribution is 0.0697. The molecule has 92 valence electrons. The number of nitrogens with one attached hydrogen (secondary N) is 1. The van der Waals surface area contributed by atoms with Gasteiger partial charge < -0.3 is 10.4 Å². The largest absolute Gasteiger partial charge is 0.478 e. The van der Waals surface area contributed by atoms with Gasteiger partial charge in [-0.1, -0.05) is 15.9 Å². The van der Waals surface area contributed by atoms with E-state index >= 15 is 0 Å². The predicted molar refractivity (Wildman–Crippen MR) is 83.5 cm³/mol. The molecule has 5 heteroatoms. The van der Waals surface area contributed by atoms with Gasteiger partial charge in [-0.25, -0.2) is 4.79 Å². The molecule has 0 amide bonds. The summed E-state index contributed by atoms with van der Waals surface area (Å²) in [6.45, 7) is 0. The van der Waals surface area contributed by atoms with E-state index in [2.05, 4.69) is 43.8 Å². The second kappa shape index (κ2) is 5.71. The van der Waals surface area contributed by atoms with E-state index in [0.717, 1.165) is 19.4 Å². The van der Waals surface area contributed by atoms with Crippen LogP contribution in [0, 0.1) is 3.57 Å². The molecule has 0 aliphatic carbocycles. The summed E-state index contributed by atoms with van der Waals surface area (Å²) in [5, 5.41) is 12.1. The number of hydrogen-bond donors (Lipinski definition) is 2. The average Bonchev–Trinajstić information content (AvgIpc) is 2.34. The van der Waals surface area contributed by atoms with Crippen LogP contribution in [0.2, 0.25) is 0 Å². The van der Waals surface area contributed by atoms with E-state index in [0.29, 0.717) is 0 Å². The zero-order valence-corrected chi connectivity index (χ0v) is 12.9. The van der Waals surface area contributed by atoms with Crippen molar-refractivity contribution < 1.29 is 9.90 Å². The van der Waals surface area contributed by atoms with Crippen molar-refractivity contribution in [1.29, 1.82) is 0 Å². The first-order valence-corrected chi connectivity index (χ1v) is 6.99. The highest BCUT2D eigenvalue weighted by atomic mass is 127. The van der Waals surface area contributed by atoms with Gasteiger partial charge in [0.25, 0.3) is 0 Å². The topological polar surface area (TPSA) is 49.3 Å². The Balaban J connectivity index is 2.23. The highest BCUT2D eigenvalue weighted by Crippen LogP contribution is 2.26. The summed E-state index contributed by atoms with van der Waals surface area (Å²) in [5.74, 6) is -0.918. The zero-order chi connectivity index (χ0) is 13.1. The lowest BCUT2D eigenvalue weighted by Crippen LogP contribution is -1.97. The first-order chi connectivity index (χ1) is 8.56. The third-order valence-electron chi connectivity index (χ3n) is 2.34. The van der Waals surface area contributed by atoms with Crippen LogP contribution >= 0.6 is 38.5 Å². The number of benzene rings is 2. The van der Waals surface area contributed by atoms with E-state index in [-0.39, 0.29) is 5.56 Å². The van der Waals surface area contributed by atoms with Crippen molar-refractivity contribution in [2.45, 2.75) is 0 Å². The number of carbonyl (C=O) groups is 1. The molecule has 2 aromatic carbocycles. The Labute approximate surface area is 126 Å². The molecule has 3 nitrogen and oxygen atoms in total. The quantitative estimate of drug-likeness (QED) is 0.723. The number of aromatic carboxylic acids is 1. The second-order valence-corrected chi connectivity index (χ2v) is 5.71. The number of carboxylic acid groups (broad SMARTS) is 1. The van der Waals surface area contributed by atoms with E-state index in [9.17, 15) is 4.79 Å². The second-order valence-electron chi connectivity index (χ2n) is 3.63. The Bertz CT molecular complexity index is 584. The molecule has 0 spiro atoms. The first-order valence-electron chi connectivity index (χ1n) is 5.12. The van der Waals surface area contributed by atoms with Crippen LogP contribution in [0.15, 0.2) is 46.9 Å². The van der Waals surface area contributed by atoms with Crippen molar-refractivity contribution in [2.75, 3.05) is 5.32 Å². The van der Waals surface area contributed by atoms with E-state index in [1.165, 1.54) is 0 Å². The summed E-state index contributed by atoms with van der Waals surface area (Å²) in [4.78, 5) is 10.7. The molecule has 0 aliphatic rings. The summed E-state index contributed by atoms with van der Waals surface area (Å²) in [7, 11) is 0. The smallest absolute Gasteiger partial charge is 0.335 e. The third-order valence-corrected chi connectivity index (χ3v) is 3.77. The lowest BCUT2D eigenvalue weighted by atomic mass is 10.2. The molecular weight excluding hydrogens is 409 g/mol. The van der Waals surface area contributed by atoms with Crippen molar-refractivity contribution in [3.63, 3.8) is 0 Å². The van der Waals surface area contributed by atoms with Crippen LogP contribution in [-0.2, 0) is 0 Å². The molecule has 0 aromatic heterocycles. The number of halogens is 2. The molecule has 0 unspecified atom stereocenters. The predicted octanol–water partition coefficient (Wildman–Crippen LogP) is 4.50. The SMILES string of the molecule is O=C(O)c1ccc(Nc2cc(Br)ccc2I)cc1. The van der Waals surface area contributed by atoms with Gasteiger partial charge in [-0.2, -0.15) is 0 Å². The van der Waals surface area contributed by atoms with Crippen LogP contribution in [0.4, 0.5) is 11.4 Å². The van der Waals surface area contributed by atoms with E-state index in [1.54, 1.807) is 24.3 Å². The Hall–Kier alpha value is -1.08. The molecule has 0 heterocycles. The van der Waals surface area contributed by atoms with E-state index < -0.39 is 5.97 Å². The molecule has 0 fully saturated rings. The van der Waals surface area contributed by atoms with Crippen molar-refractivity contribution in [3.05, 3.63) is 56.1 Å². The number of hydrogen-bond acceptors (Lipinski definition) is 2. The van der Waals surface area contributed by atoms with Crippen LogP contribution in [0.25, 0.3) is 0 Å². The Kier molecular flexibility index (Phi) is 4.23. The minimum absolute atomic E-state index is 0.282. The number of carboxylic acids is 1. The maximum Gasteiger partial charge on any atom is 0.335 e. The highest BCUT2D eigenvalue weighted by Gasteiger charge is 2.04. The molecule has 2 rings (SSSR count). The average molecular weight is 418 g/mol. The fourth-order valence-corrected chi connectivity index (χ4v) is 2.28. The summed E-state index contributed by atoms with van der Waals surface area (Å²) in [6.07, 6.45) is 0. The van der Waals surface area contributed by atoms with Crippen LogP contribution in [0.5, 0.6) is 0 Å². The fourth-order valence-electron chi connectivity index (χ4n) is 1.44. The highest BCUT2D eigenvalue weighted by molar-refractivity contribution is 14.1. The van der Waals surface area contributed by atoms with Gasteiger partial charge in [0.2, 0.25) is 0 Å². The monoisotopic (exact) mass is 417 g/mol. The van der Waals surface area contributed by atoms with Crippen molar-refractivity contribution >= 4 is 55.9 Å². The van der Waals surface area contributed by atoms with Gasteiger partial charge in [-0.3, -0.25) is 0 Å². The Morgan fingerprint density at radius 1 is 1.17 bits per heavy atom. The zero-order valence-electron chi connectivity index (χ0n) is 9.15. The molecule has 0 radical (unpaired) electrons. The standard InChI is InChI=1S/C13H9BrINO2/c14-9-3-6-11(15)12(7-9)16-10-4-1-8(2-5-10)13(17)18/h1-7,16H,(H,17,18). The van der Waals surface area contributed by atoms with Gasteiger partial charge >= 0.3 is 5.97 Å². The molecule has 2 aromatic rings. The van der Waals surface area contributed by atoms with Crippen LogP contribution in [0.1, 0.15) is 10.4 Å². The van der Waals surface area contributed by atoms with Gasteiger partial charge in [0, 0.05) is 13.7 Å². The third kappa shape index (κ3) is 3.23. The molecule has 0 bridgehead atoms. The van der Waals surface area contributed by atoms with Gasteiger partial charge in [0.15, 0.2) is 0 Å². The van der Waals surface area contributed by atoms with Gasteiger partial charge in [-0.15, -0.1) is 0 Å². The minimum Gasteiger partial charge on any atom is -0.478 e. The molecular formula is C13H9BrINO2. The fraction of sp³-hybridized carbons (Fsp3) is 0. The van der Waals surface area contributed by atoms with Gasteiger partial charge in [-0.05, 0) is 65.1 Å². The van der Waals surface area contributed by atoms with Crippen LogP contribution in [0.3, 0.4) is 0 Å². The Morgan fingerprint density at radius 3 is 2.44 bits per heavy atom. The maximum atomic E-state index is 10.7. The van der Waals surface area contributed by atoms with Gasteiger partial charge in [0.05, 0.1) is 11.3 Å². The summed E-state index contributed by atoms with van der Waals surface area (Å²) in [6, 6.07) is 12.6. The molecule has 0 saturated carbocycles. The molecule has 0 atom stereocenters. The summed E-state index contributed by atoms with van der Waals surface area (Å²) in [5.41, 5.74) is 2.12. The van der Waals surface area contributed by atoms with Crippen molar-refractivity contribution in [1.82, 2.24) is 0 Å². The van der Waals surface area contributed by atoms with Crippen LogP contribution < -0.4 is 5.32 Å². The number of rotatable bonds is 3. The van der Waals surface area contributed by atoms with Gasteiger partial charge in [0.1, 0.15) is 0 Å². The minimum atomic E-state index is -0.918. The van der Waals surface area contributed by atoms with E-state index in [4.69, 9.17) is 5.11 Å². The summed E-state index contributed by atoms with van der Waals surface area (Å²) < 4.78 is 2.09. The normalized spacial score (nSPS) is 10.1. The molecule has 0 saturated heterocycles.